The minimum atomic E-state index is -3.00. The molecule has 94 valence electrons. The van der Waals surface area contributed by atoms with Crippen molar-refractivity contribution in [3.8, 4) is 0 Å². The molecule has 0 amide bonds. The van der Waals surface area contributed by atoms with E-state index in [1.807, 2.05) is 6.92 Å². The topological polar surface area (TPSA) is 69.4 Å². The number of hydrogen-bond donors (Lipinski definition) is 1. The Labute approximate surface area is 102 Å². The fourth-order valence-corrected chi connectivity index (χ4v) is 3.58. The van der Waals surface area contributed by atoms with Gasteiger partial charge in [-0.05, 0) is 26.2 Å². The molecule has 0 spiro atoms. The lowest BCUT2D eigenvalue weighted by atomic mass is 9.87. The molecule has 4 nitrogen and oxygen atoms in total. The Balaban J connectivity index is 2.80. The van der Waals surface area contributed by atoms with E-state index in [4.69, 9.17) is 22.7 Å². The molecule has 2 atom stereocenters. The highest BCUT2D eigenvalue weighted by Crippen LogP contribution is 2.41. The van der Waals surface area contributed by atoms with E-state index in [1.54, 1.807) is 0 Å². The van der Waals surface area contributed by atoms with Gasteiger partial charge in [-0.1, -0.05) is 12.2 Å². The third-order valence-electron chi connectivity index (χ3n) is 3.27. The first-order chi connectivity index (χ1) is 7.32. The van der Waals surface area contributed by atoms with Crippen LogP contribution in [0, 0.1) is 5.41 Å². The zero-order chi connectivity index (χ0) is 12.4. The Bertz CT molecular complexity index is 366. The highest BCUT2D eigenvalue weighted by atomic mass is 32.2. The summed E-state index contributed by atoms with van der Waals surface area (Å²) in [6.45, 7) is 2.93. The van der Waals surface area contributed by atoms with Gasteiger partial charge in [0, 0.05) is 18.3 Å². The second kappa shape index (κ2) is 4.98. The lowest BCUT2D eigenvalue weighted by molar-refractivity contribution is 0.0896. The highest BCUT2D eigenvalue weighted by Gasteiger charge is 2.45. The fourth-order valence-electron chi connectivity index (χ4n) is 2.17. The van der Waals surface area contributed by atoms with Crippen molar-refractivity contribution in [3.63, 3.8) is 0 Å². The van der Waals surface area contributed by atoms with Crippen molar-refractivity contribution in [1.82, 2.24) is 0 Å². The summed E-state index contributed by atoms with van der Waals surface area (Å²) in [7, 11) is -3.00. The normalized spacial score (nSPS) is 30.5. The van der Waals surface area contributed by atoms with Gasteiger partial charge in [0.25, 0.3) is 0 Å². The average Bonchev–Trinajstić information content (AvgIpc) is 2.59. The van der Waals surface area contributed by atoms with Gasteiger partial charge in [-0.15, -0.1) is 0 Å². The van der Waals surface area contributed by atoms with E-state index < -0.39 is 15.3 Å². The Morgan fingerprint density at radius 3 is 2.62 bits per heavy atom. The van der Waals surface area contributed by atoms with Crippen LogP contribution in [0.5, 0.6) is 0 Å². The van der Waals surface area contributed by atoms with Crippen LogP contribution in [0.4, 0.5) is 0 Å². The van der Waals surface area contributed by atoms with Crippen LogP contribution in [-0.2, 0) is 14.6 Å². The summed E-state index contributed by atoms with van der Waals surface area (Å²) in [5.74, 6) is 0. The van der Waals surface area contributed by atoms with Crippen molar-refractivity contribution in [2.45, 2.75) is 31.4 Å². The minimum Gasteiger partial charge on any atom is -0.393 e. The van der Waals surface area contributed by atoms with Crippen LogP contribution >= 0.6 is 12.2 Å². The average molecular weight is 265 g/mol. The molecule has 1 fully saturated rings. The zero-order valence-corrected chi connectivity index (χ0v) is 11.4. The molecule has 0 aliphatic heterocycles. The summed E-state index contributed by atoms with van der Waals surface area (Å²) in [5, 5.41) is -0.325. The van der Waals surface area contributed by atoms with Crippen LogP contribution in [0.25, 0.3) is 0 Å². The predicted octanol–water partition coefficient (Wildman–Crippen LogP) is 0.893. The summed E-state index contributed by atoms with van der Waals surface area (Å²) < 4.78 is 28.4. The minimum absolute atomic E-state index is 0.325. The first kappa shape index (κ1) is 13.9. The molecule has 0 aromatic carbocycles. The Kier molecular flexibility index (Phi) is 4.31. The van der Waals surface area contributed by atoms with Crippen LogP contribution in [0.3, 0.4) is 0 Å². The monoisotopic (exact) mass is 265 g/mol. The van der Waals surface area contributed by atoms with Crippen molar-refractivity contribution in [3.05, 3.63) is 0 Å². The summed E-state index contributed by atoms with van der Waals surface area (Å²) in [5.41, 5.74) is 5.32. The van der Waals surface area contributed by atoms with E-state index in [1.165, 1.54) is 6.26 Å². The number of ether oxygens (including phenoxy) is 1. The summed E-state index contributed by atoms with van der Waals surface area (Å²) >= 11 is 5.06. The quantitative estimate of drug-likeness (QED) is 0.748. The Morgan fingerprint density at radius 2 is 2.25 bits per heavy atom. The van der Waals surface area contributed by atoms with Gasteiger partial charge in [-0.2, -0.15) is 0 Å². The number of thiocarbonyl (C=S) groups is 1. The summed E-state index contributed by atoms with van der Waals surface area (Å²) in [6, 6.07) is 0. The molecule has 0 heterocycles. The lowest BCUT2D eigenvalue weighted by Crippen LogP contribution is -2.38. The molecule has 1 aliphatic rings. The second-order valence-corrected chi connectivity index (χ2v) is 7.24. The molecule has 0 radical (unpaired) electrons. The molecule has 0 aromatic heterocycles. The first-order valence-corrected chi connectivity index (χ1v) is 7.74. The number of hydrogen-bond acceptors (Lipinski definition) is 4. The molecule has 1 rings (SSSR count). The zero-order valence-electron chi connectivity index (χ0n) is 9.73. The van der Waals surface area contributed by atoms with Crippen LogP contribution in [0.15, 0.2) is 0 Å². The molecule has 16 heavy (non-hydrogen) atoms. The highest BCUT2D eigenvalue weighted by molar-refractivity contribution is 7.91. The predicted molar refractivity (Wildman–Crippen MR) is 68.2 cm³/mol. The molecule has 6 heteroatoms. The number of nitrogens with two attached hydrogens (primary N) is 1. The van der Waals surface area contributed by atoms with Crippen molar-refractivity contribution >= 4 is 27.0 Å². The maximum absolute atomic E-state index is 11.5. The molecule has 2 N–H and O–H groups in total. The Morgan fingerprint density at radius 1 is 1.62 bits per heavy atom. The largest absolute Gasteiger partial charge is 0.393 e. The molecular formula is C10H19NO3S2. The second-order valence-electron chi connectivity index (χ2n) is 4.48. The van der Waals surface area contributed by atoms with Gasteiger partial charge in [0.2, 0.25) is 0 Å². The van der Waals surface area contributed by atoms with Gasteiger partial charge in [-0.3, -0.25) is 0 Å². The van der Waals surface area contributed by atoms with Gasteiger partial charge < -0.3 is 10.5 Å². The van der Waals surface area contributed by atoms with E-state index in [0.29, 0.717) is 37.5 Å². The molecular weight excluding hydrogens is 246 g/mol. The van der Waals surface area contributed by atoms with E-state index in [-0.39, 0.29) is 5.25 Å². The summed E-state index contributed by atoms with van der Waals surface area (Å²) in [6.07, 6.45) is 3.11. The van der Waals surface area contributed by atoms with Crippen LogP contribution in [-0.4, -0.2) is 38.1 Å². The van der Waals surface area contributed by atoms with Gasteiger partial charge in [0.1, 0.15) is 9.84 Å². The molecule has 2 unspecified atom stereocenters. The number of sulfone groups is 1. The van der Waals surface area contributed by atoms with Crippen LogP contribution in [0.1, 0.15) is 26.2 Å². The molecule has 0 saturated heterocycles. The van der Waals surface area contributed by atoms with Gasteiger partial charge >= 0.3 is 0 Å². The van der Waals surface area contributed by atoms with Crippen molar-refractivity contribution in [2.75, 3.05) is 19.5 Å². The van der Waals surface area contributed by atoms with Crippen LogP contribution in [0.2, 0.25) is 0 Å². The van der Waals surface area contributed by atoms with Gasteiger partial charge in [-0.25, -0.2) is 8.42 Å². The SMILES string of the molecule is CCOCC1(C(N)=S)CCC(S(C)(=O)=O)C1. The van der Waals surface area contributed by atoms with Gasteiger partial charge in [0.15, 0.2) is 0 Å². The maximum Gasteiger partial charge on any atom is 0.150 e. The molecule has 0 bridgehead atoms. The first-order valence-electron chi connectivity index (χ1n) is 5.38. The van der Waals surface area contributed by atoms with Crippen molar-refractivity contribution in [2.24, 2.45) is 11.1 Å². The third kappa shape index (κ3) is 2.93. The third-order valence-corrected chi connectivity index (χ3v) is 5.32. The van der Waals surface area contributed by atoms with Crippen LogP contribution < -0.4 is 5.73 Å². The molecule has 1 aliphatic carbocycles. The fraction of sp³-hybridized carbons (Fsp3) is 0.900. The lowest BCUT2D eigenvalue weighted by Gasteiger charge is -2.27. The van der Waals surface area contributed by atoms with Crippen molar-refractivity contribution in [1.29, 1.82) is 0 Å². The molecule has 0 aromatic rings. The van der Waals surface area contributed by atoms with Gasteiger partial charge in [0.05, 0.1) is 16.8 Å². The van der Waals surface area contributed by atoms with E-state index in [2.05, 4.69) is 0 Å². The summed E-state index contributed by atoms with van der Waals surface area (Å²) in [4.78, 5) is 0.382. The van der Waals surface area contributed by atoms with E-state index in [9.17, 15) is 8.42 Å². The van der Waals surface area contributed by atoms with E-state index in [0.717, 1.165) is 0 Å². The number of rotatable bonds is 5. The van der Waals surface area contributed by atoms with E-state index >= 15 is 0 Å². The standard InChI is InChI=1S/C10H19NO3S2/c1-3-14-7-10(9(11)15)5-4-8(6-10)16(2,12)13/h8H,3-7H2,1-2H3,(H2,11,15). The van der Waals surface area contributed by atoms with Crippen molar-refractivity contribution < 1.29 is 13.2 Å². The Hall–Kier alpha value is -0.200. The molecule has 1 saturated carbocycles. The maximum atomic E-state index is 11.5. The smallest absolute Gasteiger partial charge is 0.150 e.